The van der Waals surface area contributed by atoms with Crippen molar-refractivity contribution in [1.82, 2.24) is 5.32 Å². The highest BCUT2D eigenvalue weighted by molar-refractivity contribution is 6.05. The fraction of sp³-hybridized carbons (Fsp3) is 0.417. The third-order valence-corrected chi connectivity index (χ3v) is 5.57. The number of hydrogen-bond acceptors (Lipinski definition) is 3. The number of benzene rings is 2. The van der Waals surface area contributed by atoms with Gasteiger partial charge in [-0.15, -0.1) is 0 Å². The highest BCUT2D eigenvalue weighted by atomic mass is 16.5. The second-order valence-corrected chi connectivity index (χ2v) is 7.79. The van der Waals surface area contributed by atoms with E-state index in [4.69, 9.17) is 4.74 Å². The molecule has 0 radical (unpaired) electrons. The maximum Gasteiger partial charge on any atom is 0.264 e. The summed E-state index contributed by atoms with van der Waals surface area (Å²) in [5.41, 5.74) is 3.09. The SMILES string of the molecule is Cc1cccc(C)c1OCC(=O)N(C)c1ccccc1C(=O)NC1CCCCC1. The van der Waals surface area contributed by atoms with Crippen molar-refractivity contribution in [2.45, 2.75) is 52.0 Å². The van der Waals surface area contributed by atoms with Gasteiger partial charge in [-0.05, 0) is 49.9 Å². The second kappa shape index (κ2) is 9.59. The van der Waals surface area contributed by atoms with E-state index in [0.717, 1.165) is 42.6 Å². The Bertz CT molecular complexity index is 852. The molecule has 1 N–H and O–H groups in total. The van der Waals surface area contributed by atoms with Crippen LogP contribution in [0.25, 0.3) is 0 Å². The molecule has 3 rings (SSSR count). The molecule has 0 saturated heterocycles. The first-order valence-electron chi connectivity index (χ1n) is 10.3. The van der Waals surface area contributed by atoms with Crippen LogP contribution in [0, 0.1) is 13.8 Å². The predicted molar refractivity (Wildman–Crippen MR) is 116 cm³/mol. The molecule has 1 saturated carbocycles. The molecule has 1 aliphatic rings. The lowest BCUT2D eigenvalue weighted by molar-refractivity contribution is -0.120. The van der Waals surface area contributed by atoms with Crippen LogP contribution >= 0.6 is 0 Å². The van der Waals surface area contributed by atoms with Gasteiger partial charge in [-0.1, -0.05) is 49.6 Å². The summed E-state index contributed by atoms with van der Waals surface area (Å²) in [6, 6.07) is 13.3. The molecule has 1 fully saturated rings. The van der Waals surface area contributed by atoms with Gasteiger partial charge in [-0.2, -0.15) is 0 Å². The fourth-order valence-corrected chi connectivity index (χ4v) is 3.86. The zero-order chi connectivity index (χ0) is 20.8. The highest BCUT2D eigenvalue weighted by Gasteiger charge is 2.22. The van der Waals surface area contributed by atoms with Gasteiger partial charge >= 0.3 is 0 Å². The molecule has 1 aliphatic carbocycles. The zero-order valence-corrected chi connectivity index (χ0v) is 17.5. The normalized spacial score (nSPS) is 14.3. The van der Waals surface area contributed by atoms with Crippen LogP contribution in [0.1, 0.15) is 53.6 Å². The van der Waals surface area contributed by atoms with E-state index in [2.05, 4.69) is 5.32 Å². The number of nitrogens with one attached hydrogen (secondary N) is 1. The molecule has 2 aromatic rings. The summed E-state index contributed by atoms with van der Waals surface area (Å²) >= 11 is 0. The number of nitrogens with zero attached hydrogens (tertiary/aromatic N) is 1. The van der Waals surface area contributed by atoms with Crippen molar-refractivity contribution in [3.05, 3.63) is 59.2 Å². The zero-order valence-electron chi connectivity index (χ0n) is 17.5. The highest BCUT2D eigenvalue weighted by Crippen LogP contribution is 2.24. The lowest BCUT2D eigenvalue weighted by Gasteiger charge is -2.25. The first kappa shape index (κ1) is 20.9. The van der Waals surface area contributed by atoms with Gasteiger partial charge < -0.3 is 15.0 Å². The van der Waals surface area contributed by atoms with Crippen molar-refractivity contribution in [1.29, 1.82) is 0 Å². The van der Waals surface area contributed by atoms with Crippen molar-refractivity contribution >= 4 is 17.5 Å². The maximum absolute atomic E-state index is 12.8. The van der Waals surface area contributed by atoms with Crippen molar-refractivity contribution < 1.29 is 14.3 Å². The fourth-order valence-electron chi connectivity index (χ4n) is 3.86. The van der Waals surface area contributed by atoms with Crippen LogP contribution in [0.5, 0.6) is 5.75 Å². The molecule has 0 atom stereocenters. The number of ether oxygens (including phenoxy) is 1. The van der Waals surface area contributed by atoms with Crippen LogP contribution in [0.4, 0.5) is 5.69 Å². The van der Waals surface area contributed by atoms with Crippen LogP contribution in [-0.4, -0.2) is 31.5 Å². The molecule has 5 nitrogen and oxygen atoms in total. The van der Waals surface area contributed by atoms with Gasteiger partial charge in [-0.3, -0.25) is 9.59 Å². The molecular weight excluding hydrogens is 364 g/mol. The van der Waals surface area contributed by atoms with Gasteiger partial charge in [-0.25, -0.2) is 0 Å². The van der Waals surface area contributed by atoms with E-state index < -0.39 is 0 Å². The third kappa shape index (κ3) is 5.17. The van der Waals surface area contributed by atoms with Crippen molar-refractivity contribution in [2.24, 2.45) is 0 Å². The van der Waals surface area contributed by atoms with Crippen molar-refractivity contribution in [3.8, 4) is 5.75 Å². The van der Waals surface area contributed by atoms with E-state index in [-0.39, 0.29) is 24.5 Å². The van der Waals surface area contributed by atoms with Gasteiger partial charge in [0.1, 0.15) is 5.75 Å². The Balaban J connectivity index is 1.69. The Morgan fingerprint density at radius 3 is 2.34 bits per heavy atom. The summed E-state index contributed by atoms with van der Waals surface area (Å²) in [6.07, 6.45) is 5.58. The predicted octanol–water partition coefficient (Wildman–Crippen LogP) is 4.41. The number of likely N-dealkylation sites (N-methyl/N-ethyl adjacent to an activating group) is 1. The quantitative estimate of drug-likeness (QED) is 0.790. The molecule has 0 spiro atoms. The average molecular weight is 395 g/mol. The number of aryl methyl sites for hydroxylation is 2. The molecule has 2 amide bonds. The van der Waals surface area contributed by atoms with E-state index in [1.165, 1.54) is 11.3 Å². The average Bonchev–Trinajstić information content (AvgIpc) is 2.73. The number of rotatable bonds is 6. The second-order valence-electron chi connectivity index (χ2n) is 7.79. The lowest BCUT2D eigenvalue weighted by Crippen LogP contribution is -2.38. The minimum absolute atomic E-state index is 0.0826. The number of amides is 2. The summed E-state index contributed by atoms with van der Waals surface area (Å²) in [6.45, 7) is 3.84. The van der Waals surface area contributed by atoms with Crippen LogP contribution in [0.15, 0.2) is 42.5 Å². The van der Waals surface area contributed by atoms with Crippen LogP contribution < -0.4 is 15.0 Å². The molecule has 0 aromatic heterocycles. The number of hydrogen-bond donors (Lipinski definition) is 1. The largest absolute Gasteiger partial charge is 0.483 e. The summed E-state index contributed by atoms with van der Waals surface area (Å²) in [5.74, 6) is 0.408. The first-order chi connectivity index (χ1) is 14.0. The molecule has 2 aromatic carbocycles. The third-order valence-electron chi connectivity index (χ3n) is 5.57. The van der Waals surface area contributed by atoms with Crippen LogP contribution in [0.2, 0.25) is 0 Å². The summed E-state index contributed by atoms with van der Waals surface area (Å²) in [5, 5.41) is 3.13. The molecule has 0 unspecified atom stereocenters. The number of carbonyl (C=O) groups excluding carboxylic acids is 2. The van der Waals surface area contributed by atoms with E-state index >= 15 is 0 Å². The van der Waals surface area contributed by atoms with Gasteiger partial charge in [0.2, 0.25) is 0 Å². The molecule has 0 heterocycles. The summed E-state index contributed by atoms with van der Waals surface area (Å²) in [4.78, 5) is 27.1. The van der Waals surface area contributed by atoms with Gasteiger partial charge in [0.05, 0.1) is 11.3 Å². The number of para-hydroxylation sites is 2. The summed E-state index contributed by atoms with van der Waals surface area (Å²) < 4.78 is 5.80. The van der Waals surface area contributed by atoms with Crippen molar-refractivity contribution in [3.63, 3.8) is 0 Å². The molecule has 0 bridgehead atoms. The number of anilines is 1. The standard InChI is InChI=1S/C24H30N2O3/c1-17-10-9-11-18(2)23(17)29-16-22(27)26(3)21-15-8-7-14-20(21)24(28)25-19-12-5-4-6-13-19/h7-11,14-15,19H,4-6,12-13,16H2,1-3H3,(H,25,28). The topological polar surface area (TPSA) is 58.6 Å². The smallest absolute Gasteiger partial charge is 0.264 e. The van der Waals surface area contributed by atoms with E-state index in [9.17, 15) is 9.59 Å². The van der Waals surface area contributed by atoms with E-state index in [1.54, 1.807) is 19.2 Å². The van der Waals surface area contributed by atoms with E-state index in [1.807, 2.05) is 44.2 Å². The van der Waals surface area contributed by atoms with Gasteiger partial charge in [0.25, 0.3) is 11.8 Å². The molecule has 29 heavy (non-hydrogen) atoms. The minimum Gasteiger partial charge on any atom is -0.483 e. The monoisotopic (exact) mass is 394 g/mol. The Labute approximate surface area is 173 Å². The van der Waals surface area contributed by atoms with Gasteiger partial charge in [0, 0.05) is 13.1 Å². The molecule has 0 aliphatic heterocycles. The van der Waals surface area contributed by atoms with E-state index in [0.29, 0.717) is 11.3 Å². The van der Waals surface area contributed by atoms with Crippen molar-refractivity contribution in [2.75, 3.05) is 18.6 Å². The Morgan fingerprint density at radius 1 is 1.00 bits per heavy atom. The molecule has 154 valence electrons. The Hall–Kier alpha value is -2.82. The summed E-state index contributed by atoms with van der Waals surface area (Å²) in [7, 11) is 1.68. The number of carbonyl (C=O) groups is 2. The lowest BCUT2D eigenvalue weighted by atomic mass is 9.95. The van der Waals surface area contributed by atoms with Crippen LogP contribution in [0.3, 0.4) is 0 Å². The Kier molecular flexibility index (Phi) is 6.91. The molecular formula is C24H30N2O3. The first-order valence-corrected chi connectivity index (χ1v) is 10.3. The minimum atomic E-state index is -0.203. The maximum atomic E-state index is 12.8. The molecule has 5 heteroatoms. The Morgan fingerprint density at radius 2 is 1.66 bits per heavy atom. The van der Waals surface area contributed by atoms with Gasteiger partial charge in [0.15, 0.2) is 6.61 Å². The van der Waals surface area contributed by atoms with Crippen LogP contribution in [-0.2, 0) is 4.79 Å².